The first-order valence-electron chi connectivity index (χ1n) is 10.1. The van der Waals surface area contributed by atoms with Gasteiger partial charge in [0.2, 0.25) is 0 Å². The molecule has 1 saturated heterocycles. The number of nitro groups is 1. The fourth-order valence-electron chi connectivity index (χ4n) is 3.43. The van der Waals surface area contributed by atoms with E-state index in [0.29, 0.717) is 5.56 Å². The van der Waals surface area contributed by atoms with Gasteiger partial charge >= 0.3 is 5.97 Å². The maximum atomic E-state index is 12.9. The van der Waals surface area contributed by atoms with E-state index in [-0.39, 0.29) is 46.0 Å². The third-order valence-corrected chi connectivity index (χ3v) is 7.05. The third kappa shape index (κ3) is 4.80. The molecular weight excluding hydrogens is 516 g/mol. The SMILES string of the molecule is CO/N=C(/C(=O)NC1C(=O)N2C(C(=O)OCc3ccc([N+](=O)[O-])cc3)=C(O)CSC12)c1csc(N)n1. The molecule has 188 valence electrons. The number of aliphatic hydroxyl groups excluding tert-OH is 1. The Hall–Kier alpha value is -4.18. The van der Waals surface area contributed by atoms with Crippen LogP contribution in [0.3, 0.4) is 0 Å². The smallest absolute Gasteiger partial charge is 0.358 e. The number of esters is 1. The number of benzene rings is 1. The van der Waals surface area contributed by atoms with Gasteiger partial charge in [-0.05, 0) is 17.7 Å². The van der Waals surface area contributed by atoms with Gasteiger partial charge in [0.25, 0.3) is 17.5 Å². The van der Waals surface area contributed by atoms with Crippen molar-refractivity contribution < 1.29 is 34.0 Å². The number of ether oxygens (including phenoxy) is 1. The minimum Gasteiger partial charge on any atom is -0.509 e. The van der Waals surface area contributed by atoms with Gasteiger partial charge in [-0.3, -0.25) is 24.6 Å². The topological polar surface area (TPSA) is 200 Å². The lowest BCUT2D eigenvalue weighted by Crippen LogP contribution is -2.71. The molecule has 4 rings (SSSR count). The first-order chi connectivity index (χ1) is 17.2. The molecule has 2 aliphatic rings. The number of carbonyl (C=O) groups is 3. The monoisotopic (exact) mass is 534 g/mol. The molecule has 3 heterocycles. The molecule has 2 aliphatic heterocycles. The van der Waals surface area contributed by atoms with Crippen molar-refractivity contribution in [2.75, 3.05) is 18.6 Å². The number of oxime groups is 1. The van der Waals surface area contributed by atoms with Crippen LogP contribution in [0.1, 0.15) is 11.3 Å². The summed E-state index contributed by atoms with van der Waals surface area (Å²) < 4.78 is 5.21. The van der Waals surface area contributed by atoms with E-state index in [4.69, 9.17) is 15.3 Å². The van der Waals surface area contributed by atoms with Crippen LogP contribution in [-0.4, -0.2) is 67.7 Å². The van der Waals surface area contributed by atoms with E-state index in [9.17, 15) is 29.6 Å². The van der Waals surface area contributed by atoms with Crippen LogP contribution in [0.5, 0.6) is 0 Å². The molecule has 2 unspecified atom stereocenters. The number of nitrogens with zero attached hydrogens (tertiary/aromatic N) is 4. The normalized spacial score (nSPS) is 19.3. The summed E-state index contributed by atoms with van der Waals surface area (Å²) in [5.74, 6) is -2.66. The Kier molecular flexibility index (Phi) is 7.07. The van der Waals surface area contributed by atoms with E-state index in [0.717, 1.165) is 28.0 Å². The van der Waals surface area contributed by atoms with Crippen LogP contribution < -0.4 is 11.1 Å². The van der Waals surface area contributed by atoms with Gasteiger partial charge in [-0.2, -0.15) is 0 Å². The fourth-order valence-corrected chi connectivity index (χ4v) is 5.17. The zero-order valence-corrected chi connectivity index (χ0v) is 20.1. The number of hydrogen-bond acceptors (Lipinski definition) is 13. The number of fused-ring (bicyclic) bond motifs is 1. The molecule has 4 N–H and O–H groups in total. The third-order valence-electron chi connectivity index (χ3n) is 5.11. The number of carbonyl (C=O) groups excluding carboxylic acids is 3. The second kappa shape index (κ2) is 10.2. The van der Waals surface area contributed by atoms with Crippen LogP contribution in [0.2, 0.25) is 0 Å². The molecule has 0 radical (unpaired) electrons. The molecule has 2 atom stereocenters. The molecule has 0 saturated carbocycles. The van der Waals surface area contributed by atoms with Gasteiger partial charge in [-0.25, -0.2) is 9.78 Å². The highest BCUT2D eigenvalue weighted by molar-refractivity contribution is 8.00. The van der Waals surface area contributed by atoms with E-state index >= 15 is 0 Å². The van der Waals surface area contributed by atoms with Crippen molar-refractivity contribution >= 4 is 57.4 Å². The molecule has 0 bridgehead atoms. The highest BCUT2D eigenvalue weighted by Gasteiger charge is 2.55. The van der Waals surface area contributed by atoms with E-state index < -0.39 is 34.1 Å². The zero-order chi connectivity index (χ0) is 26.0. The number of nitro benzene ring substituents is 1. The fraction of sp³-hybridized carbons (Fsp3) is 0.250. The van der Waals surface area contributed by atoms with E-state index in [1.807, 2.05) is 0 Å². The molecular formula is C20H18N6O8S2. The van der Waals surface area contributed by atoms with Crippen molar-refractivity contribution in [3.8, 4) is 0 Å². The Morgan fingerprint density at radius 1 is 1.39 bits per heavy atom. The number of non-ortho nitro benzene ring substituents is 1. The van der Waals surface area contributed by atoms with Gasteiger partial charge in [0.15, 0.2) is 16.5 Å². The Bertz CT molecular complexity index is 1290. The van der Waals surface area contributed by atoms with Crippen LogP contribution in [0.4, 0.5) is 10.8 Å². The molecule has 1 fully saturated rings. The Balaban J connectivity index is 1.43. The van der Waals surface area contributed by atoms with Crippen LogP contribution >= 0.6 is 23.1 Å². The molecule has 14 nitrogen and oxygen atoms in total. The summed E-state index contributed by atoms with van der Waals surface area (Å²) >= 11 is 2.24. The molecule has 36 heavy (non-hydrogen) atoms. The Morgan fingerprint density at radius 2 is 2.11 bits per heavy atom. The maximum Gasteiger partial charge on any atom is 0.358 e. The standard InChI is InChI=1S/C20H18N6O8S2/c1-33-24-13(11-7-36-20(21)22-11)16(28)23-14-17(29)25-15(12(27)8-35-18(14)25)19(30)34-6-9-2-4-10(5-3-9)26(31)32/h2-5,7,14,18,27H,6,8H2,1H3,(H2,21,22)(H,23,28)/b24-13+. The van der Waals surface area contributed by atoms with Gasteiger partial charge in [0.1, 0.15) is 36.6 Å². The van der Waals surface area contributed by atoms with Gasteiger partial charge in [-0.15, -0.1) is 23.1 Å². The molecule has 0 spiro atoms. The summed E-state index contributed by atoms with van der Waals surface area (Å²) in [6, 6.07) is 4.37. The van der Waals surface area contributed by atoms with Crippen molar-refractivity contribution in [1.29, 1.82) is 0 Å². The van der Waals surface area contributed by atoms with Crippen molar-refractivity contribution in [3.05, 3.63) is 62.5 Å². The van der Waals surface area contributed by atoms with Crippen LogP contribution in [-0.2, 0) is 30.6 Å². The van der Waals surface area contributed by atoms with Crippen LogP contribution in [0, 0.1) is 10.1 Å². The Labute approximate surface area is 210 Å². The highest BCUT2D eigenvalue weighted by Crippen LogP contribution is 2.40. The number of rotatable bonds is 8. The molecule has 1 aromatic carbocycles. The molecule has 2 aromatic rings. The summed E-state index contributed by atoms with van der Waals surface area (Å²) in [7, 11) is 1.25. The van der Waals surface area contributed by atoms with Crippen molar-refractivity contribution in [1.82, 2.24) is 15.2 Å². The lowest BCUT2D eigenvalue weighted by atomic mass is 10.0. The van der Waals surface area contributed by atoms with Crippen molar-refractivity contribution in [2.45, 2.75) is 18.0 Å². The number of aliphatic hydroxyl groups is 1. The average molecular weight is 535 g/mol. The lowest BCUT2D eigenvalue weighted by molar-refractivity contribution is -0.384. The second-order valence-corrected chi connectivity index (χ2v) is 9.34. The van der Waals surface area contributed by atoms with Gasteiger partial charge in [-0.1, -0.05) is 5.16 Å². The summed E-state index contributed by atoms with van der Waals surface area (Å²) in [6.45, 7) is -0.235. The molecule has 1 aromatic heterocycles. The summed E-state index contributed by atoms with van der Waals surface area (Å²) in [5.41, 5.74) is 5.64. The quantitative estimate of drug-likeness (QED) is 0.143. The largest absolute Gasteiger partial charge is 0.509 e. The highest BCUT2D eigenvalue weighted by atomic mass is 32.2. The van der Waals surface area contributed by atoms with E-state index in [1.54, 1.807) is 0 Å². The Morgan fingerprint density at radius 3 is 2.72 bits per heavy atom. The number of nitrogen functional groups attached to an aromatic ring is 1. The van der Waals surface area contributed by atoms with E-state index in [1.165, 1.54) is 36.8 Å². The number of anilines is 1. The number of hydrogen-bond donors (Lipinski definition) is 3. The lowest BCUT2D eigenvalue weighted by Gasteiger charge is -2.48. The zero-order valence-electron chi connectivity index (χ0n) is 18.4. The first kappa shape index (κ1) is 24.9. The number of aromatic nitrogens is 1. The predicted octanol–water partition coefficient (Wildman–Crippen LogP) is 0.897. The number of thiazole rings is 1. The summed E-state index contributed by atoms with van der Waals surface area (Å²) in [4.78, 5) is 58.3. The van der Waals surface area contributed by atoms with Crippen molar-refractivity contribution in [2.24, 2.45) is 5.16 Å². The van der Waals surface area contributed by atoms with Gasteiger partial charge < -0.3 is 25.7 Å². The maximum absolute atomic E-state index is 12.9. The van der Waals surface area contributed by atoms with Gasteiger partial charge in [0.05, 0.1) is 10.7 Å². The number of amides is 2. The molecule has 0 aliphatic carbocycles. The summed E-state index contributed by atoms with van der Waals surface area (Å²) in [5, 5.41) is 28.3. The summed E-state index contributed by atoms with van der Waals surface area (Å²) in [6.07, 6.45) is 0. The van der Waals surface area contributed by atoms with Crippen LogP contribution in [0.25, 0.3) is 0 Å². The predicted molar refractivity (Wildman–Crippen MR) is 128 cm³/mol. The number of β-lactam (4-membered cyclic amide) rings is 1. The molecule has 2 amide bonds. The van der Waals surface area contributed by atoms with Crippen molar-refractivity contribution in [3.63, 3.8) is 0 Å². The average Bonchev–Trinajstić information content (AvgIpc) is 3.29. The first-order valence-corrected chi connectivity index (χ1v) is 12.0. The van der Waals surface area contributed by atoms with E-state index in [2.05, 4.69) is 15.5 Å². The number of nitrogens with one attached hydrogen (secondary N) is 1. The minimum absolute atomic E-state index is 0.00438. The second-order valence-electron chi connectivity index (χ2n) is 7.35. The van der Waals surface area contributed by atoms with Crippen LogP contribution in [0.15, 0.2) is 46.3 Å². The molecule has 16 heteroatoms. The minimum atomic E-state index is -1.01. The van der Waals surface area contributed by atoms with Gasteiger partial charge in [0, 0.05) is 17.5 Å². The number of thioether (sulfide) groups is 1. The number of nitrogens with two attached hydrogens (primary N) is 1.